The van der Waals surface area contributed by atoms with Gasteiger partial charge in [0.25, 0.3) is 0 Å². The van der Waals surface area contributed by atoms with Crippen LogP contribution >= 0.6 is 11.8 Å². The van der Waals surface area contributed by atoms with Gasteiger partial charge in [-0.1, -0.05) is 6.92 Å². The highest BCUT2D eigenvalue weighted by Gasteiger charge is 2.38. The van der Waals surface area contributed by atoms with Gasteiger partial charge in [-0.2, -0.15) is 24.9 Å². The minimum absolute atomic E-state index is 0.185. The summed E-state index contributed by atoms with van der Waals surface area (Å²) >= 11 is 0.891. The highest BCUT2D eigenvalue weighted by Crippen LogP contribution is 2.24. The first-order chi connectivity index (χ1) is 5.38. The summed E-state index contributed by atoms with van der Waals surface area (Å²) in [6.45, 7) is 1.41. The molecule has 0 aromatic carbocycles. The number of halogens is 3. The van der Waals surface area contributed by atoms with Crippen LogP contribution in [0, 0.1) is 0 Å². The standard InChI is InChI=1S/C6H11F3O2S/c1-4(2-10)12-3-5(11)6(7,8)9/h4-5,10-11H,2-3H2,1H3. The van der Waals surface area contributed by atoms with Crippen LogP contribution < -0.4 is 0 Å². The van der Waals surface area contributed by atoms with E-state index in [-0.39, 0.29) is 11.9 Å². The Morgan fingerprint density at radius 1 is 1.42 bits per heavy atom. The van der Waals surface area contributed by atoms with E-state index in [1.54, 1.807) is 6.92 Å². The molecule has 0 spiro atoms. The molecule has 0 aliphatic carbocycles. The van der Waals surface area contributed by atoms with Crippen molar-refractivity contribution >= 4 is 11.8 Å². The van der Waals surface area contributed by atoms with Crippen LogP contribution in [-0.2, 0) is 0 Å². The summed E-state index contributed by atoms with van der Waals surface area (Å²) in [5, 5.41) is 16.7. The summed E-state index contributed by atoms with van der Waals surface area (Å²) in [5.41, 5.74) is 0. The van der Waals surface area contributed by atoms with Gasteiger partial charge in [-0.15, -0.1) is 0 Å². The van der Waals surface area contributed by atoms with Crippen LogP contribution in [0.15, 0.2) is 0 Å². The quantitative estimate of drug-likeness (QED) is 0.718. The Balaban J connectivity index is 3.64. The molecule has 0 rings (SSSR count). The van der Waals surface area contributed by atoms with Crippen molar-refractivity contribution in [3.63, 3.8) is 0 Å². The predicted octanol–water partition coefficient (Wildman–Crippen LogP) is 1.02. The van der Waals surface area contributed by atoms with Crippen LogP contribution in [0.2, 0.25) is 0 Å². The first-order valence-corrected chi connectivity index (χ1v) is 4.40. The normalized spacial score (nSPS) is 17.5. The van der Waals surface area contributed by atoms with E-state index in [1.165, 1.54) is 0 Å². The topological polar surface area (TPSA) is 40.5 Å². The van der Waals surface area contributed by atoms with Crippen LogP contribution in [0.3, 0.4) is 0 Å². The van der Waals surface area contributed by atoms with Gasteiger partial charge in [-0.25, -0.2) is 0 Å². The molecule has 6 heteroatoms. The van der Waals surface area contributed by atoms with E-state index in [9.17, 15) is 13.2 Å². The summed E-state index contributed by atoms with van der Waals surface area (Å²) in [4.78, 5) is 0. The Morgan fingerprint density at radius 2 is 1.92 bits per heavy atom. The SMILES string of the molecule is CC(CO)SCC(O)C(F)(F)F. The number of hydrogen-bond acceptors (Lipinski definition) is 3. The number of alkyl halides is 3. The Hall–Kier alpha value is 0.0600. The lowest BCUT2D eigenvalue weighted by Gasteiger charge is -2.15. The second kappa shape index (κ2) is 4.94. The molecule has 74 valence electrons. The monoisotopic (exact) mass is 204 g/mol. The third kappa shape index (κ3) is 4.84. The average Bonchev–Trinajstić information content (AvgIpc) is 1.97. The van der Waals surface area contributed by atoms with Crippen LogP contribution in [0.25, 0.3) is 0 Å². The van der Waals surface area contributed by atoms with Crippen molar-refractivity contribution in [3.05, 3.63) is 0 Å². The van der Waals surface area contributed by atoms with Gasteiger partial charge in [0.2, 0.25) is 0 Å². The zero-order chi connectivity index (χ0) is 9.78. The van der Waals surface area contributed by atoms with E-state index in [1.807, 2.05) is 0 Å². The number of aliphatic hydroxyl groups excluding tert-OH is 2. The fourth-order valence-corrected chi connectivity index (χ4v) is 1.21. The van der Waals surface area contributed by atoms with Gasteiger partial charge in [0.05, 0.1) is 6.61 Å². The molecule has 2 N–H and O–H groups in total. The van der Waals surface area contributed by atoms with Gasteiger partial charge < -0.3 is 10.2 Å². The van der Waals surface area contributed by atoms with Crippen LogP contribution in [0.5, 0.6) is 0 Å². The van der Waals surface area contributed by atoms with Crippen molar-refractivity contribution in [3.8, 4) is 0 Å². The lowest BCUT2D eigenvalue weighted by atomic mass is 10.4. The molecule has 0 aliphatic heterocycles. The Bertz CT molecular complexity index is 128. The molecular formula is C6H11F3O2S. The fraction of sp³-hybridized carbons (Fsp3) is 1.00. The average molecular weight is 204 g/mol. The summed E-state index contributed by atoms with van der Waals surface area (Å²) in [6, 6.07) is 0. The van der Waals surface area contributed by atoms with E-state index in [0.717, 1.165) is 11.8 Å². The predicted molar refractivity (Wildman–Crippen MR) is 41.1 cm³/mol. The molecule has 12 heavy (non-hydrogen) atoms. The van der Waals surface area contributed by atoms with Crippen molar-refractivity contribution in [2.24, 2.45) is 0 Å². The maximum atomic E-state index is 11.7. The molecule has 0 amide bonds. The zero-order valence-corrected chi connectivity index (χ0v) is 7.32. The fourth-order valence-electron chi connectivity index (χ4n) is 0.403. The summed E-state index contributed by atoms with van der Waals surface area (Å²) in [7, 11) is 0. The summed E-state index contributed by atoms with van der Waals surface area (Å²) in [6.07, 6.45) is -6.85. The highest BCUT2D eigenvalue weighted by molar-refractivity contribution is 7.99. The lowest BCUT2D eigenvalue weighted by molar-refractivity contribution is -0.195. The van der Waals surface area contributed by atoms with E-state index in [0.29, 0.717) is 0 Å². The summed E-state index contributed by atoms with van der Waals surface area (Å²) < 4.78 is 35.0. The number of aliphatic hydroxyl groups is 2. The van der Waals surface area contributed by atoms with E-state index in [2.05, 4.69) is 0 Å². The molecule has 0 heterocycles. The largest absolute Gasteiger partial charge is 0.415 e. The molecule has 0 radical (unpaired) electrons. The van der Waals surface area contributed by atoms with Crippen LogP contribution in [0.1, 0.15) is 6.92 Å². The first kappa shape index (κ1) is 12.1. The van der Waals surface area contributed by atoms with Crippen molar-refractivity contribution < 1.29 is 23.4 Å². The van der Waals surface area contributed by atoms with Gasteiger partial charge in [0, 0.05) is 11.0 Å². The molecule has 0 saturated heterocycles. The molecular weight excluding hydrogens is 193 g/mol. The van der Waals surface area contributed by atoms with Crippen molar-refractivity contribution in [2.75, 3.05) is 12.4 Å². The minimum Gasteiger partial charge on any atom is -0.395 e. The maximum Gasteiger partial charge on any atom is 0.415 e. The maximum absolute atomic E-state index is 11.7. The summed E-state index contributed by atoms with van der Waals surface area (Å²) in [5.74, 6) is -0.425. The molecule has 0 aliphatic rings. The van der Waals surface area contributed by atoms with Gasteiger partial charge >= 0.3 is 6.18 Å². The van der Waals surface area contributed by atoms with E-state index < -0.39 is 18.0 Å². The second-order valence-electron chi connectivity index (χ2n) is 2.38. The van der Waals surface area contributed by atoms with Gasteiger partial charge in [0.1, 0.15) is 0 Å². The lowest BCUT2D eigenvalue weighted by Crippen LogP contribution is -2.31. The highest BCUT2D eigenvalue weighted by atomic mass is 32.2. The van der Waals surface area contributed by atoms with E-state index >= 15 is 0 Å². The second-order valence-corrected chi connectivity index (χ2v) is 3.86. The van der Waals surface area contributed by atoms with Crippen LogP contribution in [-0.4, -0.2) is 40.1 Å². The van der Waals surface area contributed by atoms with Crippen molar-refractivity contribution in [1.82, 2.24) is 0 Å². The smallest absolute Gasteiger partial charge is 0.395 e. The zero-order valence-electron chi connectivity index (χ0n) is 6.51. The molecule has 0 bridgehead atoms. The Labute approximate surface area is 72.8 Å². The molecule has 2 nitrogen and oxygen atoms in total. The minimum atomic E-state index is -4.55. The molecule has 0 aromatic heterocycles. The molecule has 0 fully saturated rings. The molecule has 2 unspecified atom stereocenters. The Morgan fingerprint density at radius 3 is 2.25 bits per heavy atom. The van der Waals surface area contributed by atoms with Gasteiger partial charge in [-0.05, 0) is 0 Å². The molecule has 0 saturated carbocycles. The number of rotatable bonds is 4. The third-order valence-corrected chi connectivity index (χ3v) is 2.40. The van der Waals surface area contributed by atoms with E-state index in [4.69, 9.17) is 10.2 Å². The third-order valence-electron chi connectivity index (χ3n) is 1.17. The molecule has 0 aromatic rings. The van der Waals surface area contributed by atoms with Crippen molar-refractivity contribution in [1.29, 1.82) is 0 Å². The van der Waals surface area contributed by atoms with Crippen molar-refractivity contribution in [2.45, 2.75) is 24.5 Å². The van der Waals surface area contributed by atoms with Gasteiger partial charge in [0.15, 0.2) is 6.10 Å². The van der Waals surface area contributed by atoms with Crippen LogP contribution in [0.4, 0.5) is 13.2 Å². The molecule has 2 atom stereocenters. The number of hydrogen-bond donors (Lipinski definition) is 2. The number of thioether (sulfide) groups is 1. The first-order valence-electron chi connectivity index (χ1n) is 3.35. The van der Waals surface area contributed by atoms with Gasteiger partial charge in [-0.3, -0.25) is 0 Å². The Kier molecular flexibility index (Phi) is 4.96.